The second kappa shape index (κ2) is 7.69. The molecule has 0 amide bonds. The summed E-state index contributed by atoms with van der Waals surface area (Å²) < 4.78 is 42.7. The van der Waals surface area contributed by atoms with Crippen LogP contribution < -0.4 is 11.4 Å². The second-order valence-electron chi connectivity index (χ2n) is 5.61. The summed E-state index contributed by atoms with van der Waals surface area (Å²) in [7, 11) is -1.92. The average Bonchev–Trinajstić information content (AvgIpc) is 2.90. The minimum absolute atomic E-state index is 0.0325. The molecule has 1 unspecified atom stereocenters. The van der Waals surface area contributed by atoms with Gasteiger partial charge in [-0.1, -0.05) is 0 Å². The van der Waals surface area contributed by atoms with Crippen molar-refractivity contribution in [3.63, 3.8) is 0 Å². The highest BCUT2D eigenvalue weighted by Gasteiger charge is 2.52. The molecule has 142 valence electrons. The molecule has 12 heteroatoms. The van der Waals surface area contributed by atoms with E-state index in [0.717, 1.165) is 18.8 Å². The normalized spacial score (nSPS) is 28.2. The van der Waals surface area contributed by atoms with Crippen molar-refractivity contribution in [2.45, 2.75) is 36.7 Å². The molecule has 1 saturated heterocycles. The van der Waals surface area contributed by atoms with Crippen molar-refractivity contribution >= 4 is 25.0 Å². The molecule has 0 radical (unpaired) electrons. The van der Waals surface area contributed by atoms with Gasteiger partial charge in [-0.3, -0.25) is 9.13 Å². The molecule has 0 aliphatic carbocycles. The summed E-state index contributed by atoms with van der Waals surface area (Å²) >= 11 is 5.91. The fourth-order valence-electron chi connectivity index (χ4n) is 2.68. The summed E-state index contributed by atoms with van der Waals surface area (Å²) in [5.41, 5.74) is 3.18. The lowest BCUT2D eigenvalue weighted by atomic mass is 9.95. The van der Waals surface area contributed by atoms with Crippen molar-refractivity contribution in [2.24, 2.45) is 0 Å². The Morgan fingerprint density at radius 1 is 1.64 bits per heavy atom. The van der Waals surface area contributed by atoms with Crippen molar-refractivity contribution in [3.05, 3.63) is 22.7 Å². The zero-order valence-corrected chi connectivity index (χ0v) is 15.3. The molecule has 4 atom stereocenters. The van der Waals surface area contributed by atoms with Gasteiger partial charge < -0.3 is 24.6 Å². The Balaban J connectivity index is 2.27. The van der Waals surface area contributed by atoms with Gasteiger partial charge in [-0.15, -0.1) is 11.6 Å². The molecule has 2 rings (SSSR count). The van der Waals surface area contributed by atoms with Crippen LogP contribution in [0.5, 0.6) is 0 Å². The molecule has 0 saturated carbocycles. The number of nitrogens with zero attached hydrogens (tertiary/aromatic N) is 2. The first-order valence-corrected chi connectivity index (χ1v) is 9.47. The molecule has 1 aliphatic rings. The molecule has 1 aromatic rings. The number of hydrogen-bond donors (Lipinski definition) is 2. The van der Waals surface area contributed by atoms with Crippen molar-refractivity contribution in [3.8, 4) is 0 Å². The number of alkyl halides is 2. The van der Waals surface area contributed by atoms with Crippen LogP contribution in [0.2, 0.25) is 0 Å². The third-order valence-corrected chi connectivity index (χ3v) is 6.50. The van der Waals surface area contributed by atoms with E-state index < -0.39 is 43.6 Å². The van der Waals surface area contributed by atoms with Crippen LogP contribution in [0.1, 0.15) is 19.1 Å². The summed E-state index contributed by atoms with van der Waals surface area (Å²) in [6.45, 7) is 0. The number of aliphatic hydroxyl groups excluding tert-OH is 1. The highest BCUT2D eigenvalue weighted by atomic mass is 35.5. The van der Waals surface area contributed by atoms with Gasteiger partial charge in [0.2, 0.25) is 5.91 Å². The van der Waals surface area contributed by atoms with Crippen molar-refractivity contribution < 1.29 is 27.8 Å². The van der Waals surface area contributed by atoms with Crippen molar-refractivity contribution in [2.75, 3.05) is 25.8 Å². The maximum Gasteiger partial charge on any atom is 0.364 e. The van der Waals surface area contributed by atoms with Gasteiger partial charge >= 0.3 is 13.3 Å². The maximum atomic E-state index is 14.5. The van der Waals surface area contributed by atoms with Gasteiger partial charge in [0.05, 0.1) is 12.0 Å². The predicted molar refractivity (Wildman–Crippen MR) is 88.2 cm³/mol. The minimum atomic E-state index is -4.03. The van der Waals surface area contributed by atoms with E-state index in [2.05, 4.69) is 14.0 Å². The van der Waals surface area contributed by atoms with E-state index in [9.17, 15) is 18.9 Å². The number of nitrogens with two attached hydrogens (primary N) is 1. The number of rotatable bonds is 7. The Labute approximate surface area is 148 Å². The van der Waals surface area contributed by atoms with Gasteiger partial charge in [-0.2, -0.15) is 4.98 Å². The van der Waals surface area contributed by atoms with E-state index in [1.54, 1.807) is 0 Å². The number of aliphatic hydroxyl groups is 1. The van der Waals surface area contributed by atoms with Crippen LogP contribution in [0.15, 0.2) is 17.1 Å². The third-order valence-electron chi connectivity index (χ3n) is 4.16. The number of hydrogen-bond acceptors (Lipinski definition) is 8. The zero-order valence-electron chi connectivity index (χ0n) is 13.7. The highest BCUT2D eigenvalue weighted by Crippen LogP contribution is 2.56. The minimum Gasteiger partial charge on any atom is -0.390 e. The molecule has 1 fully saturated rings. The molecule has 1 aliphatic heterocycles. The molecular formula is C13H20ClFN3O6P. The van der Waals surface area contributed by atoms with E-state index >= 15 is 0 Å². The fraction of sp³-hybridized carbons (Fsp3) is 0.692. The first-order valence-electron chi connectivity index (χ1n) is 7.33. The quantitative estimate of drug-likeness (QED) is 0.518. The number of aromatic nitrogens is 2. The van der Waals surface area contributed by atoms with E-state index in [4.69, 9.17) is 22.1 Å². The molecule has 0 aromatic carbocycles. The number of anilines is 1. The first-order chi connectivity index (χ1) is 11.7. The largest absolute Gasteiger partial charge is 0.390 e. The molecule has 25 heavy (non-hydrogen) atoms. The van der Waals surface area contributed by atoms with Crippen molar-refractivity contribution in [1.29, 1.82) is 0 Å². The molecular weight excluding hydrogens is 380 g/mol. The molecule has 9 nitrogen and oxygen atoms in total. The third kappa shape index (κ3) is 3.89. The van der Waals surface area contributed by atoms with Gasteiger partial charge in [0, 0.05) is 33.3 Å². The van der Waals surface area contributed by atoms with E-state index in [-0.39, 0.29) is 18.1 Å². The molecule has 0 spiro atoms. The second-order valence-corrected chi connectivity index (χ2v) is 8.25. The van der Waals surface area contributed by atoms with E-state index in [0.29, 0.717) is 0 Å². The lowest BCUT2D eigenvalue weighted by Crippen LogP contribution is -2.44. The SMILES string of the molecule is COP(=O)(OC)C(F)C[C@@]1(CCl)O[C@@H](n2ccc(N)nc2=O)C[C@@H]1O. The van der Waals surface area contributed by atoms with Crippen LogP contribution in [0.25, 0.3) is 0 Å². The number of nitrogen functional groups attached to an aromatic ring is 1. The summed E-state index contributed by atoms with van der Waals surface area (Å²) in [4.78, 5) is 15.5. The molecule has 0 bridgehead atoms. The standard InChI is InChI=1S/C13H20ClFN3O6P/c1-22-25(21,23-2)9(15)6-13(7-14)8(19)5-11(24-13)18-4-3-10(16)17-12(18)20/h3-4,8-9,11,19H,5-7H2,1-2H3,(H2,16,17,20)/t8-,9?,11+,13-/m0/s1. The Bertz CT molecular complexity index is 713. The lowest BCUT2D eigenvalue weighted by Gasteiger charge is -2.32. The van der Waals surface area contributed by atoms with Gasteiger partial charge in [0.25, 0.3) is 0 Å². The van der Waals surface area contributed by atoms with E-state index in [1.807, 2.05) is 0 Å². The van der Waals surface area contributed by atoms with Gasteiger partial charge in [0.1, 0.15) is 17.6 Å². The Morgan fingerprint density at radius 3 is 2.80 bits per heavy atom. The average molecular weight is 400 g/mol. The lowest BCUT2D eigenvalue weighted by molar-refractivity contribution is -0.0995. The monoisotopic (exact) mass is 399 g/mol. The fourth-order valence-corrected chi connectivity index (χ4v) is 4.17. The van der Waals surface area contributed by atoms with Crippen LogP contribution in [-0.4, -0.2) is 52.4 Å². The van der Waals surface area contributed by atoms with Crippen LogP contribution in [0, 0.1) is 0 Å². The molecule has 3 N–H and O–H groups in total. The summed E-state index contributed by atoms with van der Waals surface area (Å²) in [5.74, 6) is -2.33. The number of ether oxygens (including phenoxy) is 1. The van der Waals surface area contributed by atoms with Crippen LogP contribution in [-0.2, 0) is 18.3 Å². The Morgan fingerprint density at radius 2 is 2.28 bits per heavy atom. The van der Waals surface area contributed by atoms with Gasteiger partial charge in [-0.05, 0) is 6.07 Å². The smallest absolute Gasteiger partial charge is 0.364 e. The topological polar surface area (TPSA) is 126 Å². The van der Waals surface area contributed by atoms with Crippen LogP contribution >= 0.6 is 19.2 Å². The van der Waals surface area contributed by atoms with Crippen LogP contribution in [0.4, 0.5) is 10.2 Å². The predicted octanol–water partition coefficient (Wildman–Crippen LogP) is 1.25. The maximum absolute atomic E-state index is 14.5. The van der Waals surface area contributed by atoms with Crippen LogP contribution in [0.3, 0.4) is 0 Å². The van der Waals surface area contributed by atoms with E-state index in [1.165, 1.54) is 12.3 Å². The summed E-state index contributed by atoms with van der Waals surface area (Å²) in [6, 6.07) is 1.39. The molecule has 1 aromatic heterocycles. The first kappa shape index (κ1) is 20.3. The van der Waals surface area contributed by atoms with Gasteiger partial charge in [-0.25, -0.2) is 9.18 Å². The Kier molecular flexibility index (Phi) is 6.24. The summed E-state index contributed by atoms with van der Waals surface area (Å²) in [6.07, 6.45) is -1.35. The van der Waals surface area contributed by atoms with Crippen molar-refractivity contribution in [1.82, 2.24) is 9.55 Å². The molecule has 2 heterocycles. The highest BCUT2D eigenvalue weighted by molar-refractivity contribution is 7.54. The zero-order chi connectivity index (χ0) is 18.8. The Hall–Kier alpha value is -1.03. The van der Waals surface area contributed by atoms with Gasteiger partial charge in [0.15, 0.2) is 0 Å². The number of halogens is 2. The summed E-state index contributed by atoms with van der Waals surface area (Å²) in [5, 5.41) is 10.4.